The Morgan fingerprint density at radius 3 is 2.74 bits per heavy atom. The number of rotatable bonds is 3. The van der Waals surface area contributed by atoms with E-state index >= 15 is 0 Å². The first-order valence-electron chi connectivity index (χ1n) is 7.71. The molecule has 1 aliphatic rings. The standard InChI is InChI=1S/C19H21NO3/c1-12-9-13(7-8-18(12)22-2)15-6-4-5-14-11-20-17(10-16(14)15)19(21)23-3/h4-9,17,20H,10-11H2,1-3H3. The zero-order chi connectivity index (χ0) is 16.4. The van der Waals surface area contributed by atoms with Gasteiger partial charge >= 0.3 is 5.97 Å². The Morgan fingerprint density at radius 1 is 1.22 bits per heavy atom. The van der Waals surface area contributed by atoms with Crippen LogP contribution in [0.1, 0.15) is 16.7 Å². The Kier molecular flexibility index (Phi) is 4.35. The lowest BCUT2D eigenvalue weighted by atomic mass is 9.88. The molecule has 23 heavy (non-hydrogen) atoms. The van der Waals surface area contributed by atoms with Gasteiger partial charge in [0.15, 0.2) is 0 Å². The molecular weight excluding hydrogens is 290 g/mol. The smallest absolute Gasteiger partial charge is 0.323 e. The van der Waals surface area contributed by atoms with Crippen molar-refractivity contribution in [3.8, 4) is 16.9 Å². The van der Waals surface area contributed by atoms with Crippen LogP contribution in [0, 0.1) is 6.92 Å². The highest BCUT2D eigenvalue weighted by Crippen LogP contribution is 2.32. The van der Waals surface area contributed by atoms with Gasteiger partial charge < -0.3 is 14.8 Å². The van der Waals surface area contributed by atoms with Crippen molar-refractivity contribution in [1.29, 1.82) is 0 Å². The molecule has 0 amide bonds. The maximum Gasteiger partial charge on any atom is 0.323 e. The summed E-state index contributed by atoms with van der Waals surface area (Å²) in [6.07, 6.45) is 0.642. The molecule has 2 aromatic carbocycles. The van der Waals surface area contributed by atoms with Crippen molar-refractivity contribution < 1.29 is 14.3 Å². The number of nitrogens with one attached hydrogen (secondary N) is 1. The molecule has 2 aromatic rings. The largest absolute Gasteiger partial charge is 0.496 e. The van der Waals surface area contributed by atoms with Crippen LogP contribution < -0.4 is 10.1 Å². The summed E-state index contributed by atoms with van der Waals surface area (Å²) in [4.78, 5) is 11.9. The summed E-state index contributed by atoms with van der Waals surface area (Å²) in [6, 6.07) is 12.2. The molecule has 4 nitrogen and oxygen atoms in total. The number of methoxy groups -OCH3 is 2. The number of esters is 1. The number of ether oxygens (including phenoxy) is 2. The molecule has 0 bridgehead atoms. The molecule has 0 saturated carbocycles. The predicted octanol–water partition coefficient (Wildman–Crippen LogP) is 2.86. The Balaban J connectivity index is 2.02. The minimum Gasteiger partial charge on any atom is -0.496 e. The van der Waals surface area contributed by atoms with Crippen LogP contribution in [-0.4, -0.2) is 26.2 Å². The predicted molar refractivity (Wildman–Crippen MR) is 89.5 cm³/mol. The lowest BCUT2D eigenvalue weighted by Crippen LogP contribution is -2.42. The van der Waals surface area contributed by atoms with E-state index in [1.54, 1.807) is 7.11 Å². The van der Waals surface area contributed by atoms with E-state index in [2.05, 4.69) is 35.6 Å². The summed E-state index contributed by atoms with van der Waals surface area (Å²) in [5.41, 5.74) is 5.86. The molecule has 0 saturated heterocycles. The molecule has 1 N–H and O–H groups in total. The van der Waals surface area contributed by atoms with Crippen molar-refractivity contribution in [3.05, 3.63) is 53.1 Å². The number of benzene rings is 2. The molecule has 0 spiro atoms. The van der Waals surface area contributed by atoms with E-state index in [0.29, 0.717) is 13.0 Å². The van der Waals surface area contributed by atoms with Crippen molar-refractivity contribution >= 4 is 5.97 Å². The van der Waals surface area contributed by atoms with Crippen molar-refractivity contribution in [2.45, 2.75) is 25.9 Å². The fraction of sp³-hybridized carbons (Fsp3) is 0.316. The molecule has 3 rings (SSSR count). The van der Waals surface area contributed by atoms with Crippen LogP contribution in [0.15, 0.2) is 36.4 Å². The molecule has 1 atom stereocenters. The van der Waals surface area contributed by atoms with Gasteiger partial charge in [-0.25, -0.2) is 0 Å². The molecule has 0 aromatic heterocycles. The molecule has 4 heteroatoms. The van der Waals surface area contributed by atoms with E-state index in [0.717, 1.165) is 16.9 Å². The van der Waals surface area contributed by atoms with E-state index < -0.39 is 0 Å². The van der Waals surface area contributed by atoms with E-state index in [9.17, 15) is 4.79 Å². The monoisotopic (exact) mass is 311 g/mol. The average Bonchev–Trinajstić information content (AvgIpc) is 2.60. The minimum atomic E-state index is -0.284. The van der Waals surface area contributed by atoms with Crippen LogP contribution in [-0.2, 0) is 22.5 Å². The summed E-state index contributed by atoms with van der Waals surface area (Å²) in [7, 11) is 3.11. The van der Waals surface area contributed by atoms with Gasteiger partial charge in [0.05, 0.1) is 14.2 Å². The van der Waals surface area contributed by atoms with Crippen molar-refractivity contribution in [2.75, 3.05) is 14.2 Å². The third-order valence-corrected chi connectivity index (χ3v) is 4.41. The van der Waals surface area contributed by atoms with Gasteiger partial charge in [-0.05, 0) is 53.3 Å². The van der Waals surface area contributed by atoms with Gasteiger partial charge in [-0.1, -0.05) is 24.3 Å². The Hall–Kier alpha value is -2.33. The molecule has 0 fully saturated rings. The summed E-state index contributed by atoms with van der Waals surface area (Å²) < 4.78 is 10.2. The molecule has 1 unspecified atom stereocenters. The van der Waals surface area contributed by atoms with Crippen LogP contribution >= 0.6 is 0 Å². The van der Waals surface area contributed by atoms with Gasteiger partial charge in [-0.15, -0.1) is 0 Å². The second kappa shape index (κ2) is 6.42. The number of carbonyl (C=O) groups is 1. The number of fused-ring (bicyclic) bond motifs is 1. The number of hydrogen-bond acceptors (Lipinski definition) is 4. The second-order valence-electron chi connectivity index (χ2n) is 5.79. The van der Waals surface area contributed by atoms with E-state index in [1.807, 2.05) is 13.0 Å². The number of aryl methyl sites for hydroxylation is 1. The molecule has 1 heterocycles. The molecule has 1 aliphatic heterocycles. The first-order chi connectivity index (χ1) is 11.1. The maximum absolute atomic E-state index is 11.9. The lowest BCUT2D eigenvalue weighted by Gasteiger charge is -2.26. The molecule has 0 radical (unpaired) electrons. The lowest BCUT2D eigenvalue weighted by molar-refractivity contribution is -0.143. The summed E-state index contributed by atoms with van der Waals surface area (Å²) in [6.45, 7) is 2.72. The van der Waals surface area contributed by atoms with E-state index in [4.69, 9.17) is 9.47 Å². The zero-order valence-electron chi connectivity index (χ0n) is 13.7. The minimum absolute atomic E-state index is 0.212. The van der Waals surface area contributed by atoms with Crippen LogP contribution in [0.4, 0.5) is 0 Å². The Bertz CT molecular complexity index is 739. The van der Waals surface area contributed by atoms with Crippen LogP contribution in [0.2, 0.25) is 0 Å². The highest BCUT2D eigenvalue weighted by Gasteiger charge is 2.26. The van der Waals surface area contributed by atoms with Crippen molar-refractivity contribution in [3.63, 3.8) is 0 Å². The average molecular weight is 311 g/mol. The maximum atomic E-state index is 11.9. The van der Waals surface area contributed by atoms with Gasteiger partial charge in [0.25, 0.3) is 0 Å². The first-order valence-corrected chi connectivity index (χ1v) is 7.71. The third-order valence-electron chi connectivity index (χ3n) is 4.41. The van der Waals surface area contributed by atoms with Crippen LogP contribution in [0.3, 0.4) is 0 Å². The summed E-state index contributed by atoms with van der Waals surface area (Å²) in [5.74, 6) is 0.670. The second-order valence-corrected chi connectivity index (χ2v) is 5.79. The van der Waals surface area contributed by atoms with Crippen LogP contribution in [0.25, 0.3) is 11.1 Å². The van der Waals surface area contributed by atoms with Gasteiger partial charge in [0, 0.05) is 6.54 Å². The summed E-state index contributed by atoms with van der Waals surface area (Å²) >= 11 is 0. The Labute approximate surface area is 136 Å². The Morgan fingerprint density at radius 2 is 2.04 bits per heavy atom. The summed E-state index contributed by atoms with van der Waals surface area (Å²) in [5, 5.41) is 3.24. The first kappa shape index (κ1) is 15.6. The highest BCUT2D eigenvalue weighted by molar-refractivity contribution is 5.78. The molecule has 0 aliphatic carbocycles. The third kappa shape index (κ3) is 2.94. The van der Waals surface area contributed by atoms with Crippen LogP contribution in [0.5, 0.6) is 5.75 Å². The fourth-order valence-electron chi connectivity index (χ4n) is 3.18. The van der Waals surface area contributed by atoms with Gasteiger partial charge in [-0.2, -0.15) is 0 Å². The fourth-order valence-corrected chi connectivity index (χ4v) is 3.18. The zero-order valence-corrected chi connectivity index (χ0v) is 13.7. The van der Waals surface area contributed by atoms with Gasteiger partial charge in [0.2, 0.25) is 0 Å². The number of hydrogen-bond donors (Lipinski definition) is 1. The number of carbonyl (C=O) groups excluding carboxylic acids is 1. The van der Waals surface area contributed by atoms with Gasteiger partial charge in [0.1, 0.15) is 11.8 Å². The van der Waals surface area contributed by atoms with E-state index in [-0.39, 0.29) is 12.0 Å². The SMILES string of the molecule is COC(=O)C1Cc2c(cccc2-c2ccc(OC)c(C)c2)CN1. The normalized spacial score (nSPS) is 16.6. The molecular formula is C19H21NO3. The quantitative estimate of drug-likeness (QED) is 0.886. The molecule has 120 valence electrons. The topological polar surface area (TPSA) is 47.6 Å². The van der Waals surface area contributed by atoms with Crippen molar-refractivity contribution in [1.82, 2.24) is 5.32 Å². The van der Waals surface area contributed by atoms with E-state index in [1.165, 1.54) is 23.8 Å². The van der Waals surface area contributed by atoms with Gasteiger partial charge in [-0.3, -0.25) is 4.79 Å². The highest BCUT2D eigenvalue weighted by atomic mass is 16.5. The van der Waals surface area contributed by atoms with Crippen molar-refractivity contribution in [2.24, 2.45) is 0 Å².